The SMILES string of the molecule is c1ccc(-c2ccc(-c3cccc(-c4ccnc(-n5c6cccc7c8ccccc8n8c9ccccc9c9ccc5c(c76)c98)n4)c3)cc2)cc1. The summed E-state index contributed by atoms with van der Waals surface area (Å²) < 4.78 is 4.71. The summed E-state index contributed by atoms with van der Waals surface area (Å²) >= 11 is 0. The van der Waals surface area contributed by atoms with Crippen molar-refractivity contribution in [2.24, 2.45) is 0 Å². The van der Waals surface area contributed by atoms with Gasteiger partial charge in [0, 0.05) is 38.7 Å². The molecule has 0 aliphatic heterocycles. The number of fused-ring (bicyclic) bond motifs is 6. The molecule has 0 saturated heterocycles. The molecule has 11 rings (SSSR count). The smallest absolute Gasteiger partial charge is 0.235 e. The lowest BCUT2D eigenvalue weighted by Crippen LogP contribution is -2.02. The lowest BCUT2D eigenvalue weighted by Gasteiger charge is -2.10. The van der Waals surface area contributed by atoms with Crippen LogP contribution in [0.2, 0.25) is 0 Å². The highest BCUT2D eigenvalue weighted by molar-refractivity contribution is 6.33. The van der Waals surface area contributed by atoms with Crippen LogP contribution in [-0.4, -0.2) is 18.9 Å². The van der Waals surface area contributed by atoms with Gasteiger partial charge in [0.15, 0.2) is 0 Å². The van der Waals surface area contributed by atoms with E-state index < -0.39 is 0 Å². The Kier molecular flexibility index (Phi) is 5.63. The predicted octanol–water partition coefficient (Wildman–Crippen LogP) is 11.7. The summed E-state index contributed by atoms with van der Waals surface area (Å²) in [5, 5.41) is 7.42. The first-order valence-corrected chi connectivity index (χ1v) is 17.0. The third-order valence-corrected chi connectivity index (χ3v) is 10.4. The van der Waals surface area contributed by atoms with Crippen molar-refractivity contribution in [3.8, 4) is 39.5 Å². The summed E-state index contributed by atoms with van der Waals surface area (Å²) in [6.07, 6.45) is 1.89. The predicted molar refractivity (Wildman–Crippen MR) is 207 cm³/mol. The number of para-hydroxylation sites is 2. The summed E-state index contributed by atoms with van der Waals surface area (Å²) in [6, 6.07) is 58.6. The zero-order valence-corrected chi connectivity index (χ0v) is 27.0. The second-order valence-electron chi connectivity index (χ2n) is 13.0. The molecular weight excluding hydrogens is 609 g/mol. The lowest BCUT2D eigenvalue weighted by atomic mass is 9.98. The maximum atomic E-state index is 5.26. The third-order valence-electron chi connectivity index (χ3n) is 10.4. The number of aromatic nitrogens is 4. The molecule has 4 aromatic heterocycles. The van der Waals surface area contributed by atoms with Crippen LogP contribution < -0.4 is 0 Å². The van der Waals surface area contributed by atoms with Gasteiger partial charge in [-0.3, -0.25) is 4.57 Å². The van der Waals surface area contributed by atoms with Crippen molar-refractivity contribution in [3.63, 3.8) is 0 Å². The highest BCUT2D eigenvalue weighted by atomic mass is 15.2. The Morgan fingerprint density at radius 3 is 1.76 bits per heavy atom. The van der Waals surface area contributed by atoms with Crippen LogP contribution in [-0.2, 0) is 0 Å². The Hall–Kier alpha value is -6.78. The van der Waals surface area contributed by atoms with E-state index in [0.717, 1.165) is 27.9 Å². The standard InChI is InChI=1S/C46H28N4/c1-2-10-29(11-3-1)30-20-22-31(23-21-30)32-12-8-13-33(28-32)38-26-27-47-46(48-38)50-41-19-9-16-36-34-14-4-6-17-39(34)49-40-18-7-5-15-35(40)37-24-25-42(50)44(43(36)41)45(37)49/h1-28H. The lowest BCUT2D eigenvalue weighted by molar-refractivity contribution is 0.992. The summed E-state index contributed by atoms with van der Waals surface area (Å²) in [5.74, 6) is 0.660. The van der Waals surface area contributed by atoms with Gasteiger partial charge in [-0.05, 0) is 64.0 Å². The Morgan fingerprint density at radius 2 is 0.960 bits per heavy atom. The molecule has 7 aromatic carbocycles. The Balaban J connectivity index is 1.12. The summed E-state index contributed by atoms with van der Waals surface area (Å²) in [6.45, 7) is 0. The van der Waals surface area contributed by atoms with Gasteiger partial charge in [0.05, 0.1) is 33.3 Å². The van der Waals surface area contributed by atoms with Gasteiger partial charge in [0.25, 0.3) is 0 Å². The number of hydrogen-bond acceptors (Lipinski definition) is 2. The third kappa shape index (κ3) is 3.81. The quantitative estimate of drug-likeness (QED) is 0.193. The van der Waals surface area contributed by atoms with Crippen molar-refractivity contribution in [3.05, 3.63) is 170 Å². The van der Waals surface area contributed by atoms with Crippen LogP contribution in [0.4, 0.5) is 0 Å². The highest BCUT2D eigenvalue weighted by Crippen LogP contribution is 2.44. The molecule has 0 unspecified atom stereocenters. The molecule has 0 N–H and O–H groups in total. The van der Waals surface area contributed by atoms with Gasteiger partial charge in [-0.2, -0.15) is 0 Å². The van der Waals surface area contributed by atoms with E-state index in [-0.39, 0.29) is 0 Å². The van der Waals surface area contributed by atoms with Crippen molar-refractivity contribution in [1.29, 1.82) is 0 Å². The van der Waals surface area contributed by atoms with Gasteiger partial charge in [0.2, 0.25) is 5.95 Å². The van der Waals surface area contributed by atoms with Gasteiger partial charge >= 0.3 is 0 Å². The van der Waals surface area contributed by atoms with E-state index in [1.807, 2.05) is 12.3 Å². The van der Waals surface area contributed by atoms with Crippen LogP contribution in [0.5, 0.6) is 0 Å². The average Bonchev–Trinajstić information content (AvgIpc) is 3.67. The van der Waals surface area contributed by atoms with Crippen molar-refractivity contribution >= 4 is 59.9 Å². The summed E-state index contributed by atoms with van der Waals surface area (Å²) in [5.41, 5.74) is 12.5. The molecule has 4 heteroatoms. The van der Waals surface area contributed by atoms with Gasteiger partial charge in [-0.25, -0.2) is 9.97 Å². The van der Waals surface area contributed by atoms with Crippen LogP contribution in [0.15, 0.2) is 170 Å². The Morgan fingerprint density at radius 1 is 0.380 bits per heavy atom. The van der Waals surface area contributed by atoms with Crippen molar-refractivity contribution in [1.82, 2.24) is 18.9 Å². The van der Waals surface area contributed by atoms with Crippen LogP contribution >= 0.6 is 0 Å². The monoisotopic (exact) mass is 636 g/mol. The molecule has 0 amide bonds. The average molecular weight is 637 g/mol. The van der Waals surface area contributed by atoms with Gasteiger partial charge in [-0.15, -0.1) is 0 Å². The van der Waals surface area contributed by atoms with Gasteiger partial charge in [-0.1, -0.05) is 127 Å². The molecule has 0 aliphatic carbocycles. The van der Waals surface area contributed by atoms with Crippen LogP contribution in [0, 0.1) is 0 Å². The number of hydrogen-bond donors (Lipinski definition) is 0. The Bertz CT molecular complexity index is 3080. The molecular formula is C46H28N4. The van der Waals surface area contributed by atoms with E-state index >= 15 is 0 Å². The van der Waals surface area contributed by atoms with Crippen molar-refractivity contribution in [2.75, 3.05) is 0 Å². The second kappa shape index (κ2) is 10.4. The van der Waals surface area contributed by atoms with Crippen molar-refractivity contribution in [2.45, 2.75) is 0 Å². The topological polar surface area (TPSA) is 35.1 Å². The van der Waals surface area contributed by atoms with Crippen molar-refractivity contribution < 1.29 is 0 Å². The minimum Gasteiger partial charge on any atom is -0.308 e. The van der Waals surface area contributed by atoms with Gasteiger partial charge in [0.1, 0.15) is 0 Å². The Labute approximate surface area is 287 Å². The molecule has 0 atom stereocenters. The van der Waals surface area contributed by atoms with E-state index in [2.05, 4.69) is 167 Å². The minimum atomic E-state index is 0.660. The van der Waals surface area contributed by atoms with E-state index in [1.54, 1.807) is 0 Å². The molecule has 4 heterocycles. The fourth-order valence-electron chi connectivity index (χ4n) is 8.15. The molecule has 11 aromatic rings. The fourth-order valence-corrected chi connectivity index (χ4v) is 8.15. The molecule has 0 fully saturated rings. The second-order valence-corrected chi connectivity index (χ2v) is 13.0. The van der Waals surface area contributed by atoms with E-state index in [1.165, 1.54) is 65.6 Å². The molecule has 4 nitrogen and oxygen atoms in total. The molecule has 0 saturated carbocycles. The van der Waals surface area contributed by atoms with Crippen LogP contribution in [0.1, 0.15) is 0 Å². The normalized spacial score (nSPS) is 12.0. The maximum absolute atomic E-state index is 5.26. The molecule has 232 valence electrons. The van der Waals surface area contributed by atoms with Gasteiger partial charge < -0.3 is 4.40 Å². The number of nitrogens with zero attached hydrogens (tertiary/aromatic N) is 4. The van der Waals surface area contributed by atoms with E-state index in [9.17, 15) is 0 Å². The minimum absolute atomic E-state index is 0.660. The largest absolute Gasteiger partial charge is 0.308 e. The number of rotatable bonds is 4. The molecule has 50 heavy (non-hydrogen) atoms. The zero-order valence-electron chi connectivity index (χ0n) is 27.0. The fraction of sp³-hybridized carbons (Fsp3) is 0. The molecule has 0 radical (unpaired) electrons. The van der Waals surface area contributed by atoms with Crippen LogP contribution in [0.3, 0.4) is 0 Å². The van der Waals surface area contributed by atoms with E-state index in [4.69, 9.17) is 9.97 Å². The molecule has 0 aliphatic rings. The first-order valence-electron chi connectivity index (χ1n) is 17.0. The first kappa shape index (κ1) is 27.2. The molecule has 0 bridgehead atoms. The van der Waals surface area contributed by atoms with E-state index in [0.29, 0.717) is 5.95 Å². The van der Waals surface area contributed by atoms with Crippen LogP contribution in [0.25, 0.3) is 99.4 Å². The highest BCUT2D eigenvalue weighted by Gasteiger charge is 2.23. The summed E-state index contributed by atoms with van der Waals surface area (Å²) in [7, 11) is 0. The number of benzene rings is 7. The first-order chi connectivity index (χ1) is 24.8. The summed E-state index contributed by atoms with van der Waals surface area (Å²) in [4.78, 5) is 10.2. The molecule has 0 spiro atoms. The zero-order chi connectivity index (χ0) is 32.8. The maximum Gasteiger partial charge on any atom is 0.235 e.